The molecule has 7 heteroatoms. The molecular weight excluding hydrogens is 316 g/mol. The summed E-state index contributed by atoms with van der Waals surface area (Å²) in [5.74, 6) is -0.500. The Labute approximate surface area is 138 Å². The van der Waals surface area contributed by atoms with E-state index >= 15 is 0 Å². The predicted molar refractivity (Wildman–Crippen MR) is 86.4 cm³/mol. The molecule has 6 nitrogen and oxygen atoms in total. The first-order valence-corrected chi connectivity index (χ1v) is 7.81. The summed E-state index contributed by atoms with van der Waals surface area (Å²) in [6, 6.07) is 7.26. The summed E-state index contributed by atoms with van der Waals surface area (Å²) in [7, 11) is 0. The Hall–Kier alpha value is -2.34. The fourth-order valence-electron chi connectivity index (χ4n) is 2.74. The van der Waals surface area contributed by atoms with Crippen LogP contribution < -0.4 is 5.73 Å². The van der Waals surface area contributed by atoms with Crippen molar-refractivity contribution in [2.45, 2.75) is 12.8 Å². The molecule has 0 aliphatic carbocycles. The Morgan fingerprint density at radius 3 is 2.65 bits per heavy atom. The molecule has 1 fully saturated rings. The molecule has 0 atom stereocenters. The van der Waals surface area contributed by atoms with Gasteiger partial charge in [0.1, 0.15) is 0 Å². The number of piperidine rings is 1. The van der Waals surface area contributed by atoms with Crippen molar-refractivity contribution in [3.05, 3.63) is 47.2 Å². The van der Waals surface area contributed by atoms with Gasteiger partial charge >= 0.3 is 0 Å². The van der Waals surface area contributed by atoms with E-state index in [-0.39, 0.29) is 17.7 Å². The summed E-state index contributed by atoms with van der Waals surface area (Å²) in [5.41, 5.74) is 6.62. The number of carbonyl (C=O) groups excluding carboxylic acids is 2. The van der Waals surface area contributed by atoms with Gasteiger partial charge in [-0.2, -0.15) is 5.10 Å². The number of aromatic nitrogens is 2. The summed E-state index contributed by atoms with van der Waals surface area (Å²) in [6.45, 7) is 1.07. The van der Waals surface area contributed by atoms with Crippen molar-refractivity contribution < 1.29 is 9.59 Å². The van der Waals surface area contributed by atoms with Crippen LogP contribution in [0.3, 0.4) is 0 Å². The summed E-state index contributed by atoms with van der Waals surface area (Å²) >= 11 is 5.97. The van der Waals surface area contributed by atoms with Crippen molar-refractivity contribution in [3.63, 3.8) is 0 Å². The Kier molecular flexibility index (Phi) is 4.34. The molecular formula is C16H17ClN4O2. The third-order valence-corrected chi connectivity index (χ3v) is 4.32. The van der Waals surface area contributed by atoms with Gasteiger partial charge in [-0.25, -0.2) is 4.68 Å². The number of amides is 2. The van der Waals surface area contributed by atoms with Crippen LogP contribution in [0.5, 0.6) is 0 Å². The fraction of sp³-hybridized carbons (Fsp3) is 0.312. The number of carbonyl (C=O) groups is 2. The van der Waals surface area contributed by atoms with Gasteiger partial charge in [0.2, 0.25) is 5.91 Å². The van der Waals surface area contributed by atoms with Gasteiger partial charge in [0, 0.05) is 30.2 Å². The van der Waals surface area contributed by atoms with Crippen LogP contribution in [0.15, 0.2) is 36.7 Å². The van der Waals surface area contributed by atoms with E-state index < -0.39 is 0 Å². The molecule has 2 amide bonds. The Balaban J connectivity index is 1.71. The number of primary amides is 1. The summed E-state index contributed by atoms with van der Waals surface area (Å²) < 4.78 is 1.62. The summed E-state index contributed by atoms with van der Waals surface area (Å²) in [4.78, 5) is 25.4. The number of likely N-dealkylation sites (tertiary alicyclic amines) is 1. The van der Waals surface area contributed by atoms with Gasteiger partial charge in [0.25, 0.3) is 5.91 Å². The van der Waals surface area contributed by atoms with Crippen molar-refractivity contribution in [2.24, 2.45) is 11.7 Å². The van der Waals surface area contributed by atoms with E-state index in [1.807, 2.05) is 12.1 Å². The van der Waals surface area contributed by atoms with E-state index in [1.165, 1.54) is 0 Å². The fourth-order valence-corrected chi connectivity index (χ4v) is 2.93. The van der Waals surface area contributed by atoms with Crippen molar-refractivity contribution in [1.29, 1.82) is 0 Å². The lowest BCUT2D eigenvalue weighted by atomic mass is 9.96. The van der Waals surface area contributed by atoms with Crippen LogP contribution in [-0.2, 0) is 4.79 Å². The first-order valence-electron chi connectivity index (χ1n) is 7.44. The van der Waals surface area contributed by atoms with Gasteiger partial charge < -0.3 is 10.6 Å². The lowest BCUT2D eigenvalue weighted by molar-refractivity contribution is -0.123. The van der Waals surface area contributed by atoms with Crippen LogP contribution in [0, 0.1) is 5.92 Å². The average Bonchev–Trinajstić information content (AvgIpc) is 3.04. The van der Waals surface area contributed by atoms with Gasteiger partial charge in [-0.3, -0.25) is 9.59 Å². The van der Waals surface area contributed by atoms with Crippen LogP contribution in [0.4, 0.5) is 0 Å². The summed E-state index contributed by atoms with van der Waals surface area (Å²) in [6.07, 6.45) is 4.46. The highest BCUT2D eigenvalue weighted by Crippen LogP contribution is 2.19. The van der Waals surface area contributed by atoms with Crippen LogP contribution in [0.25, 0.3) is 5.69 Å². The number of rotatable bonds is 3. The molecule has 2 heterocycles. The molecule has 1 saturated heterocycles. The van der Waals surface area contributed by atoms with Crippen LogP contribution in [-0.4, -0.2) is 39.6 Å². The number of hydrogen-bond acceptors (Lipinski definition) is 3. The van der Waals surface area contributed by atoms with E-state index in [0.29, 0.717) is 36.5 Å². The topological polar surface area (TPSA) is 81.2 Å². The molecule has 2 aromatic rings. The molecule has 0 saturated carbocycles. The zero-order chi connectivity index (χ0) is 16.4. The minimum absolute atomic E-state index is 0.0822. The Morgan fingerprint density at radius 1 is 1.26 bits per heavy atom. The molecule has 1 aliphatic rings. The molecule has 2 N–H and O–H groups in total. The van der Waals surface area contributed by atoms with Gasteiger partial charge in [0.15, 0.2) is 0 Å². The molecule has 0 radical (unpaired) electrons. The average molecular weight is 333 g/mol. The molecule has 23 heavy (non-hydrogen) atoms. The highest BCUT2D eigenvalue weighted by atomic mass is 35.5. The monoisotopic (exact) mass is 332 g/mol. The van der Waals surface area contributed by atoms with Gasteiger partial charge in [0.05, 0.1) is 17.4 Å². The third kappa shape index (κ3) is 3.37. The highest BCUT2D eigenvalue weighted by Gasteiger charge is 2.27. The zero-order valence-electron chi connectivity index (χ0n) is 12.5. The third-order valence-electron chi connectivity index (χ3n) is 4.09. The minimum Gasteiger partial charge on any atom is -0.369 e. The molecule has 120 valence electrons. The lowest BCUT2D eigenvalue weighted by Gasteiger charge is -2.30. The number of benzene rings is 1. The highest BCUT2D eigenvalue weighted by molar-refractivity contribution is 6.30. The van der Waals surface area contributed by atoms with E-state index in [1.54, 1.807) is 34.1 Å². The van der Waals surface area contributed by atoms with Crippen molar-refractivity contribution in [3.8, 4) is 5.69 Å². The Morgan fingerprint density at radius 2 is 2.00 bits per heavy atom. The lowest BCUT2D eigenvalue weighted by Crippen LogP contribution is -2.41. The van der Waals surface area contributed by atoms with E-state index in [0.717, 1.165) is 5.69 Å². The quantitative estimate of drug-likeness (QED) is 0.931. The van der Waals surface area contributed by atoms with Crippen molar-refractivity contribution in [2.75, 3.05) is 13.1 Å². The first-order chi connectivity index (χ1) is 11.0. The number of nitrogens with two attached hydrogens (primary N) is 1. The van der Waals surface area contributed by atoms with Crippen molar-refractivity contribution >= 4 is 23.4 Å². The van der Waals surface area contributed by atoms with E-state index in [9.17, 15) is 9.59 Å². The molecule has 1 aliphatic heterocycles. The van der Waals surface area contributed by atoms with Crippen LogP contribution in [0.2, 0.25) is 5.02 Å². The molecule has 1 aromatic heterocycles. The zero-order valence-corrected chi connectivity index (χ0v) is 13.2. The SMILES string of the molecule is NC(=O)C1CCN(C(=O)c2cnn(-c3cccc(Cl)c3)c2)CC1. The molecule has 3 rings (SSSR count). The number of nitrogens with zero attached hydrogens (tertiary/aromatic N) is 3. The van der Waals surface area contributed by atoms with Gasteiger partial charge in [-0.15, -0.1) is 0 Å². The van der Waals surface area contributed by atoms with E-state index in [4.69, 9.17) is 17.3 Å². The maximum Gasteiger partial charge on any atom is 0.257 e. The van der Waals surface area contributed by atoms with Gasteiger partial charge in [-0.1, -0.05) is 17.7 Å². The van der Waals surface area contributed by atoms with Crippen LogP contribution in [0.1, 0.15) is 23.2 Å². The second-order valence-electron chi connectivity index (χ2n) is 5.62. The summed E-state index contributed by atoms with van der Waals surface area (Å²) in [5, 5.41) is 4.83. The van der Waals surface area contributed by atoms with Crippen molar-refractivity contribution in [1.82, 2.24) is 14.7 Å². The second-order valence-corrected chi connectivity index (χ2v) is 6.06. The Bertz CT molecular complexity index is 735. The molecule has 0 spiro atoms. The number of halogens is 1. The molecule has 0 bridgehead atoms. The second kappa shape index (κ2) is 6.42. The van der Waals surface area contributed by atoms with Gasteiger partial charge in [-0.05, 0) is 31.0 Å². The normalized spacial score (nSPS) is 15.6. The van der Waals surface area contributed by atoms with Crippen LogP contribution >= 0.6 is 11.6 Å². The standard InChI is InChI=1S/C16H17ClN4O2/c17-13-2-1-3-14(8-13)21-10-12(9-19-21)16(23)20-6-4-11(5-7-20)15(18)22/h1-3,8-11H,4-7H2,(H2,18,22). The maximum absolute atomic E-state index is 12.5. The largest absolute Gasteiger partial charge is 0.369 e. The molecule has 0 unspecified atom stereocenters. The maximum atomic E-state index is 12.5. The minimum atomic E-state index is -0.286. The smallest absolute Gasteiger partial charge is 0.257 e. The predicted octanol–water partition coefficient (Wildman–Crippen LogP) is 1.86. The first kappa shape index (κ1) is 15.6. The van der Waals surface area contributed by atoms with E-state index in [2.05, 4.69) is 5.10 Å². The number of hydrogen-bond donors (Lipinski definition) is 1. The molecule has 1 aromatic carbocycles.